The number of unbranched alkanes of at least 4 members (excludes halogenated alkanes) is 4. The van der Waals surface area contributed by atoms with Crippen LogP contribution in [0.2, 0.25) is 0 Å². The number of nitrogens with one attached hydrogen (secondary N) is 2. The summed E-state index contributed by atoms with van der Waals surface area (Å²) in [5.74, 6) is -2.04. The third-order valence-electron chi connectivity index (χ3n) is 6.48. The Morgan fingerprint density at radius 3 is 2.19 bits per heavy atom. The van der Waals surface area contributed by atoms with Gasteiger partial charge in [0.05, 0.1) is 7.11 Å². The van der Waals surface area contributed by atoms with Gasteiger partial charge in [-0.05, 0) is 38.8 Å². The second-order valence-corrected chi connectivity index (χ2v) is 11.1. The van der Waals surface area contributed by atoms with Crippen LogP contribution < -0.4 is 10.6 Å². The molecule has 2 atom stereocenters. The molecule has 0 aliphatic carbocycles. The maximum Gasteiger partial charge on any atom is 0.408 e. The molecular weight excluding hydrogens is 538 g/mol. The molecule has 0 radical (unpaired) electrons. The summed E-state index contributed by atoms with van der Waals surface area (Å²) in [6.45, 7) is 7.04. The molecular formula is C32H45N3O7. The summed E-state index contributed by atoms with van der Waals surface area (Å²) in [4.78, 5) is 54.1. The smallest absolute Gasteiger partial charge is 0.408 e. The van der Waals surface area contributed by atoms with E-state index in [1.165, 1.54) is 18.1 Å². The summed E-state index contributed by atoms with van der Waals surface area (Å²) in [5.41, 5.74) is 0.191. The number of phenols is 1. The van der Waals surface area contributed by atoms with Crippen molar-refractivity contribution >= 4 is 23.9 Å². The number of methoxy groups -OCH3 is 1. The number of rotatable bonds is 15. The molecule has 42 heavy (non-hydrogen) atoms. The number of ether oxygens (including phenoxy) is 2. The Labute approximate surface area is 248 Å². The normalized spacial score (nSPS) is 12.5. The Bertz CT molecular complexity index is 1160. The molecule has 230 valence electrons. The Balaban J connectivity index is 2.54. The number of aromatic hydroxyl groups is 1. The Hall–Kier alpha value is -4.08. The van der Waals surface area contributed by atoms with Crippen LogP contribution in [0.15, 0.2) is 54.6 Å². The standard InChI is InChI=1S/C32H45N3O7/c1-6-7-8-9-15-20-35(28(24-18-13-14-19-26(24)36)29(38)33-22-27(37)41-5)30(39)25(21-23-16-11-10-12-17-23)34-31(40)42-32(2,3)4/h10-14,16-19,25,28,36H,6-9,15,20-22H2,1-5H3,(H,33,38)(H,34,40). The highest BCUT2D eigenvalue weighted by atomic mass is 16.6. The molecule has 2 rings (SSSR count). The number of amides is 3. The van der Waals surface area contributed by atoms with Crippen molar-refractivity contribution in [1.29, 1.82) is 0 Å². The average Bonchev–Trinajstić information content (AvgIpc) is 2.94. The van der Waals surface area contributed by atoms with E-state index in [1.807, 2.05) is 30.3 Å². The SMILES string of the molecule is CCCCCCCN(C(=O)C(Cc1ccccc1)NC(=O)OC(C)(C)C)C(C(=O)NCC(=O)OC)c1ccccc1O. The van der Waals surface area contributed by atoms with Crippen LogP contribution in [-0.2, 0) is 30.3 Å². The molecule has 0 aliphatic heterocycles. The molecule has 3 N–H and O–H groups in total. The van der Waals surface area contributed by atoms with E-state index in [0.29, 0.717) is 6.42 Å². The molecule has 0 spiro atoms. The maximum absolute atomic E-state index is 14.4. The first-order valence-corrected chi connectivity index (χ1v) is 14.4. The van der Waals surface area contributed by atoms with Crippen molar-refractivity contribution in [2.45, 2.75) is 83.9 Å². The Morgan fingerprint density at radius 1 is 0.929 bits per heavy atom. The van der Waals surface area contributed by atoms with Gasteiger partial charge in [-0.25, -0.2) is 4.79 Å². The number of hydrogen-bond donors (Lipinski definition) is 3. The molecule has 3 amide bonds. The van der Waals surface area contributed by atoms with Gasteiger partial charge in [0.15, 0.2) is 0 Å². The van der Waals surface area contributed by atoms with Gasteiger partial charge in [0.25, 0.3) is 0 Å². The fourth-order valence-corrected chi connectivity index (χ4v) is 4.45. The van der Waals surface area contributed by atoms with Crippen molar-refractivity contribution in [2.24, 2.45) is 0 Å². The fourth-order valence-electron chi connectivity index (χ4n) is 4.45. The Kier molecular flexibility index (Phi) is 13.8. The number of esters is 1. The minimum Gasteiger partial charge on any atom is -0.508 e. The molecule has 0 heterocycles. The zero-order valence-electron chi connectivity index (χ0n) is 25.4. The number of hydrogen-bond acceptors (Lipinski definition) is 7. The van der Waals surface area contributed by atoms with Crippen molar-refractivity contribution in [2.75, 3.05) is 20.2 Å². The fraction of sp³-hybridized carbons (Fsp3) is 0.500. The molecule has 0 bridgehead atoms. The Morgan fingerprint density at radius 2 is 1.57 bits per heavy atom. The van der Waals surface area contributed by atoms with Crippen LogP contribution in [0.5, 0.6) is 5.75 Å². The first-order chi connectivity index (χ1) is 20.0. The summed E-state index contributed by atoms with van der Waals surface area (Å²) in [7, 11) is 1.21. The molecule has 2 unspecified atom stereocenters. The summed E-state index contributed by atoms with van der Waals surface area (Å²) >= 11 is 0. The number of benzene rings is 2. The first kappa shape index (κ1) is 34.1. The van der Waals surface area contributed by atoms with Crippen LogP contribution in [0, 0.1) is 0 Å². The van der Waals surface area contributed by atoms with E-state index in [2.05, 4.69) is 22.3 Å². The largest absolute Gasteiger partial charge is 0.508 e. The molecule has 2 aromatic carbocycles. The molecule has 10 heteroatoms. The molecule has 2 aromatic rings. The monoisotopic (exact) mass is 583 g/mol. The van der Waals surface area contributed by atoms with E-state index >= 15 is 0 Å². The van der Waals surface area contributed by atoms with Crippen molar-refractivity contribution in [1.82, 2.24) is 15.5 Å². The number of phenolic OH excluding ortho intramolecular Hbond substituents is 1. The number of carbonyl (C=O) groups excluding carboxylic acids is 4. The van der Waals surface area contributed by atoms with Gasteiger partial charge in [0.1, 0.15) is 30.0 Å². The minimum atomic E-state index is -1.28. The first-order valence-electron chi connectivity index (χ1n) is 14.4. The number of alkyl carbamates (subject to hydrolysis) is 1. The molecule has 0 fully saturated rings. The van der Waals surface area contributed by atoms with Crippen LogP contribution >= 0.6 is 0 Å². The van der Waals surface area contributed by atoms with Crippen LogP contribution in [0.4, 0.5) is 4.79 Å². The summed E-state index contributed by atoms with van der Waals surface area (Å²) in [6, 6.07) is 13.1. The molecule has 10 nitrogen and oxygen atoms in total. The van der Waals surface area contributed by atoms with Crippen LogP contribution in [0.1, 0.15) is 77.0 Å². The topological polar surface area (TPSA) is 134 Å². The van der Waals surface area contributed by atoms with Crippen molar-refractivity contribution < 1.29 is 33.8 Å². The van der Waals surface area contributed by atoms with Crippen molar-refractivity contribution in [3.8, 4) is 5.75 Å². The van der Waals surface area contributed by atoms with Crippen LogP contribution in [0.25, 0.3) is 0 Å². The van der Waals surface area contributed by atoms with Crippen LogP contribution in [0.3, 0.4) is 0 Å². The second-order valence-electron chi connectivity index (χ2n) is 11.1. The highest BCUT2D eigenvalue weighted by Gasteiger charge is 2.37. The van der Waals surface area contributed by atoms with E-state index in [1.54, 1.807) is 39.0 Å². The highest BCUT2D eigenvalue weighted by molar-refractivity contribution is 5.93. The van der Waals surface area contributed by atoms with Gasteiger partial charge in [0, 0.05) is 18.5 Å². The maximum atomic E-state index is 14.4. The lowest BCUT2D eigenvalue weighted by molar-refractivity contribution is -0.144. The van der Waals surface area contributed by atoms with Gasteiger partial charge in [0.2, 0.25) is 11.8 Å². The molecule has 0 aliphatic rings. The van der Waals surface area contributed by atoms with Gasteiger partial charge >= 0.3 is 12.1 Å². The predicted octanol–water partition coefficient (Wildman–Crippen LogP) is 4.66. The van der Waals surface area contributed by atoms with Gasteiger partial charge in [-0.15, -0.1) is 0 Å². The number of carbonyl (C=O) groups is 4. The predicted molar refractivity (Wildman–Crippen MR) is 160 cm³/mol. The molecule has 0 saturated carbocycles. The molecule has 0 aromatic heterocycles. The van der Waals surface area contributed by atoms with Gasteiger partial charge in [-0.1, -0.05) is 81.1 Å². The van der Waals surface area contributed by atoms with E-state index in [4.69, 9.17) is 4.74 Å². The third-order valence-corrected chi connectivity index (χ3v) is 6.48. The van der Waals surface area contributed by atoms with Crippen molar-refractivity contribution in [3.05, 3.63) is 65.7 Å². The zero-order valence-corrected chi connectivity index (χ0v) is 25.4. The minimum absolute atomic E-state index is 0.141. The summed E-state index contributed by atoms with van der Waals surface area (Å²) in [6.07, 6.45) is 3.81. The summed E-state index contributed by atoms with van der Waals surface area (Å²) < 4.78 is 10.1. The lowest BCUT2D eigenvalue weighted by Gasteiger charge is -2.35. The quantitative estimate of drug-likeness (QED) is 0.205. The molecule has 0 saturated heterocycles. The lowest BCUT2D eigenvalue weighted by Crippen LogP contribution is -2.54. The van der Waals surface area contributed by atoms with E-state index in [-0.39, 0.29) is 24.3 Å². The van der Waals surface area contributed by atoms with Gasteiger partial charge in [-0.3, -0.25) is 14.4 Å². The third kappa shape index (κ3) is 11.4. The number of para-hydroxylation sites is 1. The van der Waals surface area contributed by atoms with Crippen LogP contribution in [-0.4, -0.2) is 65.7 Å². The average molecular weight is 584 g/mol. The second kappa shape index (κ2) is 17.0. The van der Waals surface area contributed by atoms with E-state index in [9.17, 15) is 24.3 Å². The van der Waals surface area contributed by atoms with Gasteiger partial charge < -0.3 is 30.1 Å². The summed E-state index contributed by atoms with van der Waals surface area (Å²) in [5, 5.41) is 16.0. The number of nitrogens with zero attached hydrogens (tertiary/aromatic N) is 1. The van der Waals surface area contributed by atoms with Crippen molar-refractivity contribution in [3.63, 3.8) is 0 Å². The van der Waals surface area contributed by atoms with Gasteiger partial charge in [-0.2, -0.15) is 0 Å². The zero-order chi connectivity index (χ0) is 31.1. The highest BCUT2D eigenvalue weighted by Crippen LogP contribution is 2.30. The van der Waals surface area contributed by atoms with E-state index in [0.717, 1.165) is 31.2 Å². The van der Waals surface area contributed by atoms with E-state index < -0.39 is 48.1 Å². The lowest BCUT2D eigenvalue weighted by atomic mass is 9.99.